The van der Waals surface area contributed by atoms with Crippen molar-refractivity contribution in [1.29, 1.82) is 0 Å². The summed E-state index contributed by atoms with van der Waals surface area (Å²) in [6, 6.07) is 14.5. The van der Waals surface area contributed by atoms with E-state index < -0.39 is 10.0 Å². The van der Waals surface area contributed by atoms with Crippen molar-refractivity contribution in [1.82, 2.24) is 5.32 Å². The third-order valence-corrected chi connectivity index (χ3v) is 4.52. The first kappa shape index (κ1) is 19.3. The summed E-state index contributed by atoms with van der Waals surface area (Å²) in [7, 11) is -3.39. The summed E-state index contributed by atoms with van der Waals surface area (Å²) in [5.74, 6) is -0.281. The number of nitrogens with one attached hydrogen (secondary N) is 2. The number of halogens is 1. The molecule has 0 spiro atoms. The molecule has 0 saturated carbocycles. The average Bonchev–Trinajstić information content (AvgIpc) is 2.52. The van der Waals surface area contributed by atoms with E-state index in [-0.39, 0.29) is 17.0 Å². The van der Waals surface area contributed by atoms with E-state index in [0.717, 1.165) is 19.1 Å². The van der Waals surface area contributed by atoms with E-state index >= 15 is 0 Å². The number of rotatable bonds is 7. The third-order valence-electron chi connectivity index (χ3n) is 3.60. The molecule has 0 aliphatic carbocycles. The number of hydrogen-bond donors (Lipinski definition) is 2. The number of sulfonamides is 1. The van der Waals surface area contributed by atoms with E-state index in [9.17, 15) is 13.2 Å². The van der Waals surface area contributed by atoms with Gasteiger partial charge in [-0.15, -0.1) is 0 Å². The highest BCUT2D eigenvalue weighted by Gasteiger charge is 2.14. The van der Waals surface area contributed by atoms with Gasteiger partial charge in [-0.2, -0.15) is 0 Å². The minimum atomic E-state index is -3.39. The third kappa shape index (κ3) is 6.40. The van der Waals surface area contributed by atoms with Crippen LogP contribution in [0.15, 0.2) is 48.5 Å². The Morgan fingerprint density at radius 1 is 1.16 bits per heavy atom. The lowest BCUT2D eigenvalue weighted by atomic mass is 10.1. The van der Waals surface area contributed by atoms with E-state index in [1.54, 1.807) is 0 Å². The van der Waals surface area contributed by atoms with Crippen molar-refractivity contribution in [3.63, 3.8) is 0 Å². The molecule has 2 aromatic carbocycles. The van der Waals surface area contributed by atoms with Gasteiger partial charge in [0.15, 0.2) is 0 Å². The van der Waals surface area contributed by atoms with Crippen molar-refractivity contribution in [2.24, 2.45) is 0 Å². The van der Waals surface area contributed by atoms with Crippen LogP contribution in [0.1, 0.15) is 29.3 Å². The Labute approximate surface area is 153 Å². The lowest BCUT2D eigenvalue weighted by Gasteiger charge is -2.15. The highest BCUT2D eigenvalue weighted by molar-refractivity contribution is 7.92. The smallest absolute Gasteiger partial charge is 0.253 e. The van der Waals surface area contributed by atoms with Crippen LogP contribution in [-0.2, 0) is 16.4 Å². The maximum absolute atomic E-state index is 12.3. The second-order valence-electron chi connectivity index (χ2n) is 5.97. The lowest BCUT2D eigenvalue weighted by Crippen LogP contribution is -2.33. The molecule has 0 aliphatic heterocycles. The Balaban J connectivity index is 1.95. The molecule has 7 heteroatoms. The van der Waals surface area contributed by atoms with E-state index in [0.29, 0.717) is 11.3 Å². The molecule has 0 bridgehead atoms. The maximum Gasteiger partial charge on any atom is 0.253 e. The van der Waals surface area contributed by atoms with Gasteiger partial charge in [0.1, 0.15) is 0 Å². The minimum Gasteiger partial charge on any atom is -0.350 e. The van der Waals surface area contributed by atoms with Crippen molar-refractivity contribution in [3.8, 4) is 0 Å². The molecular weight excluding hydrogens is 360 g/mol. The number of hydrogen-bond acceptors (Lipinski definition) is 3. The molecule has 0 aliphatic rings. The molecule has 0 fully saturated rings. The number of carbonyl (C=O) groups excluding carboxylic acids is 1. The molecule has 1 atom stereocenters. The molecule has 2 aromatic rings. The quantitative estimate of drug-likeness (QED) is 0.772. The van der Waals surface area contributed by atoms with Crippen LogP contribution in [0.2, 0.25) is 5.02 Å². The van der Waals surface area contributed by atoms with Crippen LogP contribution in [0.5, 0.6) is 0 Å². The molecule has 134 valence electrons. The number of aryl methyl sites for hydroxylation is 1. The molecule has 0 aromatic heterocycles. The Hall–Kier alpha value is -2.05. The molecule has 0 heterocycles. The normalized spacial score (nSPS) is 12.4. The summed E-state index contributed by atoms with van der Waals surface area (Å²) in [6.45, 7) is 1.94. The first-order valence-corrected chi connectivity index (χ1v) is 10.1. The zero-order valence-corrected chi connectivity index (χ0v) is 15.7. The highest BCUT2D eigenvalue weighted by Crippen LogP contribution is 2.22. The predicted molar refractivity (Wildman–Crippen MR) is 102 cm³/mol. The van der Waals surface area contributed by atoms with Crippen LogP contribution < -0.4 is 10.0 Å². The first-order chi connectivity index (χ1) is 11.7. The summed E-state index contributed by atoms with van der Waals surface area (Å²) in [5, 5.41) is 3.11. The van der Waals surface area contributed by atoms with E-state index in [2.05, 4.69) is 22.2 Å². The molecule has 2 rings (SSSR count). The van der Waals surface area contributed by atoms with E-state index in [1.165, 1.54) is 23.8 Å². The first-order valence-electron chi connectivity index (χ1n) is 7.87. The molecule has 0 radical (unpaired) electrons. The monoisotopic (exact) mass is 380 g/mol. The van der Waals surface area contributed by atoms with Gasteiger partial charge in [0.05, 0.1) is 16.8 Å². The van der Waals surface area contributed by atoms with E-state index in [1.807, 2.05) is 25.1 Å². The fraction of sp³-hybridized carbons (Fsp3) is 0.278. The van der Waals surface area contributed by atoms with Crippen LogP contribution in [0.3, 0.4) is 0 Å². The fourth-order valence-corrected chi connectivity index (χ4v) is 3.20. The van der Waals surface area contributed by atoms with E-state index in [4.69, 9.17) is 11.6 Å². The summed E-state index contributed by atoms with van der Waals surface area (Å²) in [5.41, 5.74) is 1.85. The molecular formula is C18H21ClN2O3S. The van der Waals surface area contributed by atoms with Crippen molar-refractivity contribution in [2.45, 2.75) is 25.8 Å². The molecule has 1 unspecified atom stereocenters. The standard InChI is InChI=1S/C18H21ClN2O3S/c1-13(8-9-14-6-4-3-5-7-14)20-18(22)16-11-10-15(12-17(16)19)21-25(2,23)24/h3-7,10-13,21H,8-9H2,1-2H3,(H,20,22). The zero-order valence-electron chi connectivity index (χ0n) is 14.1. The Bertz CT molecular complexity index is 839. The molecule has 25 heavy (non-hydrogen) atoms. The molecule has 1 amide bonds. The van der Waals surface area contributed by atoms with Crippen LogP contribution in [0.4, 0.5) is 5.69 Å². The van der Waals surface area contributed by atoms with Gasteiger partial charge in [-0.05, 0) is 43.5 Å². The van der Waals surface area contributed by atoms with Crippen molar-refractivity contribution >= 4 is 33.2 Å². The van der Waals surface area contributed by atoms with Crippen molar-refractivity contribution < 1.29 is 13.2 Å². The van der Waals surface area contributed by atoms with Gasteiger partial charge in [0.25, 0.3) is 5.91 Å². The van der Waals surface area contributed by atoms with Gasteiger partial charge < -0.3 is 5.32 Å². The Morgan fingerprint density at radius 2 is 1.84 bits per heavy atom. The summed E-state index contributed by atoms with van der Waals surface area (Å²) in [6.07, 6.45) is 2.73. The number of benzene rings is 2. The van der Waals surface area contributed by atoms with Crippen LogP contribution >= 0.6 is 11.6 Å². The number of amides is 1. The molecule has 2 N–H and O–H groups in total. The molecule has 0 saturated heterocycles. The minimum absolute atomic E-state index is 0.0161. The van der Waals surface area contributed by atoms with Crippen LogP contribution in [0, 0.1) is 0 Å². The predicted octanol–water partition coefficient (Wildman–Crippen LogP) is 3.46. The molecule has 5 nitrogen and oxygen atoms in total. The van der Waals surface area contributed by atoms with Gasteiger partial charge >= 0.3 is 0 Å². The van der Waals surface area contributed by atoms with Gasteiger partial charge in [-0.25, -0.2) is 8.42 Å². The Kier molecular flexibility index (Phi) is 6.45. The Morgan fingerprint density at radius 3 is 2.44 bits per heavy atom. The van der Waals surface area contributed by atoms with Crippen molar-refractivity contribution in [3.05, 3.63) is 64.7 Å². The van der Waals surface area contributed by atoms with Crippen LogP contribution in [0.25, 0.3) is 0 Å². The van der Waals surface area contributed by atoms with Gasteiger partial charge in [-0.3, -0.25) is 9.52 Å². The lowest BCUT2D eigenvalue weighted by molar-refractivity contribution is 0.0938. The fourth-order valence-electron chi connectivity index (χ4n) is 2.38. The highest BCUT2D eigenvalue weighted by atomic mass is 35.5. The largest absolute Gasteiger partial charge is 0.350 e. The second kappa shape index (κ2) is 8.36. The van der Waals surface area contributed by atoms with Gasteiger partial charge in [0.2, 0.25) is 10.0 Å². The van der Waals surface area contributed by atoms with Crippen LogP contribution in [-0.4, -0.2) is 26.6 Å². The maximum atomic E-state index is 12.3. The summed E-state index contributed by atoms with van der Waals surface area (Å²) >= 11 is 6.11. The topological polar surface area (TPSA) is 75.3 Å². The van der Waals surface area contributed by atoms with Gasteiger partial charge in [0, 0.05) is 11.7 Å². The SMILES string of the molecule is CC(CCc1ccccc1)NC(=O)c1ccc(NS(C)(=O)=O)cc1Cl. The van der Waals surface area contributed by atoms with Crippen molar-refractivity contribution in [2.75, 3.05) is 11.0 Å². The van der Waals surface area contributed by atoms with Gasteiger partial charge in [-0.1, -0.05) is 41.9 Å². The number of anilines is 1. The second-order valence-corrected chi connectivity index (χ2v) is 8.12. The average molecular weight is 381 g/mol. The summed E-state index contributed by atoms with van der Waals surface area (Å²) < 4.78 is 24.8. The zero-order chi connectivity index (χ0) is 18.4. The number of carbonyl (C=O) groups is 1. The summed E-state index contributed by atoms with van der Waals surface area (Å²) in [4.78, 5) is 12.3.